The van der Waals surface area contributed by atoms with Crippen molar-refractivity contribution in [2.24, 2.45) is 13.0 Å². The molecule has 0 spiro atoms. The van der Waals surface area contributed by atoms with E-state index in [4.69, 9.17) is 4.52 Å². The van der Waals surface area contributed by atoms with Crippen molar-refractivity contribution >= 4 is 11.6 Å². The molecule has 0 saturated carbocycles. The Morgan fingerprint density at radius 3 is 2.47 bits per heavy atom. The normalized spacial score (nSPS) is 14.8. The summed E-state index contributed by atoms with van der Waals surface area (Å²) >= 11 is 0. The van der Waals surface area contributed by atoms with Crippen molar-refractivity contribution in [1.29, 1.82) is 0 Å². The molecule has 1 aliphatic heterocycles. The average molecular weight is 487 g/mol. The molecule has 1 aliphatic rings. The number of carbonyl (C=O) groups is 1. The van der Waals surface area contributed by atoms with Crippen molar-refractivity contribution in [2.45, 2.75) is 33.2 Å². The molecule has 1 amide bonds. The summed E-state index contributed by atoms with van der Waals surface area (Å²) in [5.74, 6) is 0.894. The van der Waals surface area contributed by atoms with Gasteiger partial charge in [0.1, 0.15) is 5.69 Å². The number of aromatic nitrogens is 4. The largest absolute Gasteiger partial charge is 0.338 e. The third-order valence-electron chi connectivity index (χ3n) is 6.97. The van der Waals surface area contributed by atoms with E-state index in [9.17, 15) is 9.59 Å². The molecule has 2 aromatic heterocycles. The van der Waals surface area contributed by atoms with E-state index in [1.807, 2.05) is 75.5 Å². The standard InChI is InChI=1S/C27H30N6O3/c1-18-9-7-8-12-22(18)25-28-23(36-30-25)17-32-15-13-20(14-16-32)26(34)29-24-19(2)31(3)33(27(24)35)21-10-5-4-6-11-21/h4-12,20H,13-17H2,1-3H3,(H,29,34). The molecule has 0 aliphatic carbocycles. The van der Waals surface area contributed by atoms with E-state index in [-0.39, 0.29) is 17.4 Å². The number of para-hydroxylation sites is 1. The van der Waals surface area contributed by atoms with Gasteiger partial charge in [0.25, 0.3) is 5.56 Å². The molecule has 0 unspecified atom stereocenters. The van der Waals surface area contributed by atoms with E-state index in [1.165, 1.54) is 0 Å². The number of nitrogens with zero attached hydrogens (tertiary/aromatic N) is 5. The van der Waals surface area contributed by atoms with Crippen LogP contribution in [0, 0.1) is 19.8 Å². The zero-order chi connectivity index (χ0) is 25.2. The lowest BCUT2D eigenvalue weighted by molar-refractivity contribution is -0.121. The molecule has 5 rings (SSSR count). The lowest BCUT2D eigenvalue weighted by Crippen LogP contribution is -2.38. The zero-order valence-electron chi connectivity index (χ0n) is 20.8. The minimum Gasteiger partial charge on any atom is -0.338 e. The number of anilines is 1. The maximum absolute atomic E-state index is 13.1. The zero-order valence-corrected chi connectivity index (χ0v) is 20.8. The fourth-order valence-electron chi connectivity index (χ4n) is 4.73. The van der Waals surface area contributed by atoms with Gasteiger partial charge in [0, 0.05) is 18.5 Å². The van der Waals surface area contributed by atoms with E-state index in [1.54, 1.807) is 9.36 Å². The number of rotatable bonds is 6. The van der Waals surface area contributed by atoms with E-state index in [0.717, 1.165) is 35.6 Å². The minimum atomic E-state index is -0.229. The number of carbonyl (C=O) groups excluding carboxylic acids is 1. The monoisotopic (exact) mass is 486 g/mol. The summed E-state index contributed by atoms with van der Waals surface area (Å²) in [5, 5.41) is 7.06. The molecule has 1 N–H and O–H groups in total. The van der Waals surface area contributed by atoms with Crippen molar-refractivity contribution < 1.29 is 9.32 Å². The molecule has 0 bridgehead atoms. The maximum atomic E-state index is 13.1. The van der Waals surface area contributed by atoms with Gasteiger partial charge in [0.05, 0.1) is 17.9 Å². The van der Waals surface area contributed by atoms with Gasteiger partial charge in [0.15, 0.2) is 0 Å². The first-order valence-electron chi connectivity index (χ1n) is 12.2. The summed E-state index contributed by atoms with van der Waals surface area (Å²) in [4.78, 5) is 32.9. The van der Waals surface area contributed by atoms with Crippen LogP contribution in [0.4, 0.5) is 5.69 Å². The molecule has 186 valence electrons. The van der Waals surface area contributed by atoms with E-state index in [2.05, 4.69) is 20.4 Å². The molecule has 1 fully saturated rings. The molecule has 0 radical (unpaired) electrons. The Hall–Kier alpha value is -3.98. The van der Waals surface area contributed by atoms with Crippen LogP contribution in [0.3, 0.4) is 0 Å². The number of amides is 1. The molecule has 4 aromatic rings. The molecule has 9 heteroatoms. The summed E-state index contributed by atoms with van der Waals surface area (Å²) in [6.45, 7) is 5.89. The highest BCUT2D eigenvalue weighted by Crippen LogP contribution is 2.23. The number of hydrogen-bond donors (Lipinski definition) is 1. The summed E-state index contributed by atoms with van der Waals surface area (Å²) in [6, 6.07) is 17.4. The fourth-order valence-corrected chi connectivity index (χ4v) is 4.73. The van der Waals surface area contributed by atoms with Crippen LogP contribution in [0.5, 0.6) is 0 Å². The van der Waals surface area contributed by atoms with E-state index < -0.39 is 0 Å². The van der Waals surface area contributed by atoms with Gasteiger partial charge in [-0.05, 0) is 57.5 Å². The average Bonchev–Trinajstić information content (AvgIpc) is 3.43. The number of likely N-dealkylation sites (tertiary alicyclic amines) is 1. The number of piperidine rings is 1. The van der Waals surface area contributed by atoms with Crippen molar-refractivity contribution in [1.82, 2.24) is 24.4 Å². The highest BCUT2D eigenvalue weighted by Gasteiger charge is 2.28. The van der Waals surface area contributed by atoms with Crippen LogP contribution in [0.25, 0.3) is 17.1 Å². The van der Waals surface area contributed by atoms with Crippen LogP contribution in [0.15, 0.2) is 63.9 Å². The first kappa shape index (κ1) is 23.7. The van der Waals surface area contributed by atoms with Crippen LogP contribution in [0.2, 0.25) is 0 Å². The second-order valence-electron chi connectivity index (χ2n) is 9.30. The van der Waals surface area contributed by atoms with Gasteiger partial charge in [0.2, 0.25) is 17.6 Å². The molecular weight excluding hydrogens is 456 g/mol. The summed E-state index contributed by atoms with van der Waals surface area (Å²) in [7, 11) is 1.82. The van der Waals surface area contributed by atoms with Gasteiger partial charge >= 0.3 is 0 Å². The van der Waals surface area contributed by atoms with Gasteiger partial charge in [-0.2, -0.15) is 4.98 Å². The number of hydrogen-bond acceptors (Lipinski definition) is 6. The highest BCUT2D eigenvalue weighted by atomic mass is 16.5. The van der Waals surface area contributed by atoms with Crippen LogP contribution >= 0.6 is 0 Å². The summed E-state index contributed by atoms with van der Waals surface area (Å²) < 4.78 is 8.83. The van der Waals surface area contributed by atoms with Gasteiger partial charge in [-0.15, -0.1) is 0 Å². The summed E-state index contributed by atoms with van der Waals surface area (Å²) in [5.41, 5.74) is 3.64. The van der Waals surface area contributed by atoms with Crippen molar-refractivity contribution in [3.63, 3.8) is 0 Å². The van der Waals surface area contributed by atoms with Crippen LogP contribution in [-0.2, 0) is 18.4 Å². The molecule has 1 saturated heterocycles. The van der Waals surface area contributed by atoms with Gasteiger partial charge in [-0.3, -0.25) is 19.2 Å². The molecule has 9 nitrogen and oxygen atoms in total. The second-order valence-corrected chi connectivity index (χ2v) is 9.30. The van der Waals surface area contributed by atoms with Crippen LogP contribution in [-0.4, -0.2) is 43.4 Å². The molecule has 2 aromatic carbocycles. The molecule has 0 atom stereocenters. The lowest BCUT2D eigenvalue weighted by atomic mass is 9.96. The minimum absolute atomic E-state index is 0.111. The molecule has 36 heavy (non-hydrogen) atoms. The molecule has 3 heterocycles. The first-order valence-corrected chi connectivity index (χ1v) is 12.2. The first-order chi connectivity index (χ1) is 17.4. The maximum Gasteiger partial charge on any atom is 0.295 e. The fraction of sp³-hybridized carbons (Fsp3) is 0.333. The van der Waals surface area contributed by atoms with Crippen LogP contribution < -0.4 is 10.9 Å². The second kappa shape index (κ2) is 9.94. The highest BCUT2D eigenvalue weighted by molar-refractivity contribution is 5.93. The number of benzene rings is 2. The van der Waals surface area contributed by atoms with Crippen molar-refractivity contribution in [2.75, 3.05) is 18.4 Å². The van der Waals surface area contributed by atoms with Crippen molar-refractivity contribution in [3.05, 3.63) is 82.1 Å². The van der Waals surface area contributed by atoms with E-state index in [0.29, 0.717) is 36.8 Å². The third kappa shape index (κ3) is 4.61. The topological polar surface area (TPSA) is 98.2 Å². The lowest BCUT2D eigenvalue weighted by Gasteiger charge is -2.30. The predicted octanol–water partition coefficient (Wildman–Crippen LogP) is 3.69. The Labute approximate surface area is 209 Å². The van der Waals surface area contributed by atoms with Crippen LogP contribution in [0.1, 0.15) is 30.0 Å². The predicted molar refractivity (Wildman–Crippen MR) is 137 cm³/mol. The third-order valence-corrected chi connectivity index (χ3v) is 6.97. The van der Waals surface area contributed by atoms with Gasteiger partial charge in [-0.1, -0.05) is 47.6 Å². The van der Waals surface area contributed by atoms with Gasteiger partial charge < -0.3 is 9.84 Å². The smallest absolute Gasteiger partial charge is 0.295 e. The van der Waals surface area contributed by atoms with Crippen molar-refractivity contribution in [3.8, 4) is 17.1 Å². The Morgan fingerprint density at radius 1 is 1.06 bits per heavy atom. The molecular formula is C27H30N6O3. The van der Waals surface area contributed by atoms with E-state index >= 15 is 0 Å². The Balaban J connectivity index is 1.20. The Kier molecular flexibility index (Phi) is 6.56. The Bertz CT molecular complexity index is 1430. The number of nitrogens with one attached hydrogen (secondary N) is 1. The SMILES string of the molecule is Cc1ccccc1-c1noc(CN2CCC(C(=O)Nc3c(C)n(C)n(-c4ccccc4)c3=O)CC2)n1. The Morgan fingerprint density at radius 2 is 1.75 bits per heavy atom. The number of aryl methyl sites for hydroxylation is 1. The quantitative estimate of drug-likeness (QED) is 0.446. The van der Waals surface area contributed by atoms with Gasteiger partial charge in [-0.25, -0.2) is 4.68 Å². The summed E-state index contributed by atoms with van der Waals surface area (Å²) in [6.07, 6.45) is 1.40.